The van der Waals surface area contributed by atoms with Crippen LogP contribution in [0.4, 0.5) is 0 Å². The van der Waals surface area contributed by atoms with Gasteiger partial charge in [-0.05, 0) is 4.92 Å². The van der Waals surface area contributed by atoms with Crippen LogP contribution in [0.2, 0.25) is 10.0 Å². The highest BCUT2D eigenvalue weighted by molar-refractivity contribution is 6.42. The van der Waals surface area contributed by atoms with E-state index in [4.69, 9.17) is 23.2 Å². The van der Waals surface area contributed by atoms with Gasteiger partial charge in [0.2, 0.25) is 0 Å². The van der Waals surface area contributed by atoms with Crippen LogP contribution in [-0.4, -0.2) is 4.92 Å². The highest BCUT2D eigenvalue weighted by Crippen LogP contribution is 2.22. The summed E-state index contributed by atoms with van der Waals surface area (Å²) in [4.78, 5) is 9.26. The molecule has 0 aromatic heterocycles. The Balaban J connectivity index is 2.92. The van der Waals surface area contributed by atoms with Gasteiger partial charge < -0.3 is 0 Å². The summed E-state index contributed by atoms with van der Waals surface area (Å²) in [7, 11) is 0. The molecule has 0 heterocycles. The van der Waals surface area contributed by atoms with E-state index >= 15 is 0 Å². The minimum atomic E-state index is -0.664. The predicted octanol–water partition coefficient (Wildman–Crippen LogP) is 3.04. The Bertz CT molecular complexity index is 363. The molecule has 0 spiro atoms. The van der Waals surface area contributed by atoms with E-state index in [-0.39, 0.29) is 0 Å². The minimum absolute atomic E-state index is 0.362. The van der Waals surface area contributed by atoms with Gasteiger partial charge in [-0.3, -0.25) is 10.1 Å². The highest BCUT2D eigenvalue weighted by atomic mass is 35.5. The van der Waals surface area contributed by atoms with Gasteiger partial charge in [0.25, 0.3) is 0 Å². The average Bonchev–Trinajstić information content (AvgIpc) is 2.07. The first-order chi connectivity index (χ1) is 6.09. The quantitative estimate of drug-likeness (QED) is 0.330. The molecule has 0 bridgehead atoms. The lowest BCUT2D eigenvalue weighted by Gasteiger charge is -2.02. The molecule has 1 aromatic rings. The Morgan fingerprint density at radius 1 is 1.38 bits per heavy atom. The van der Waals surface area contributed by atoms with Crippen LogP contribution in [0.5, 0.6) is 0 Å². The summed E-state index contributed by atoms with van der Waals surface area (Å²) in [5.74, 6) is 0. The van der Waals surface area contributed by atoms with Crippen LogP contribution >= 0.6 is 23.2 Å². The van der Waals surface area contributed by atoms with Crippen molar-refractivity contribution in [3.05, 3.63) is 50.1 Å². The maximum absolute atomic E-state index is 9.93. The fraction of sp³-hybridized carbons (Fsp3) is 0. The summed E-state index contributed by atoms with van der Waals surface area (Å²) in [6.07, 6.45) is 3.13. The fourth-order valence-corrected chi connectivity index (χ4v) is 1.04. The van der Waals surface area contributed by atoms with E-state index in [0.29, 0.717) is 15.6 Å². The van der Waals surface area contributed by atoms with Gasteiger partial charge in [0.15, 0.2) is 0 Å². The molecule has 0 radical (unpaired) electrons. The Kier molecular flexibility index (Phi) is 3.28. The molecule has 5 heteroatoms. The van der Waals surface area contributed by atoms with Gasteiger partial charge in [-0.25, -0.2) is 0 Å². The Labute approximate surface area is 84.7 Å². The maximum Gasteiger partial charge on any atom is 0.121 e. The van der Waals surface area contributed by atoms with Crippen LogP contribution < -0.4 is 0 Å². The van der Waals surface area contributed by atoms with E-state index in [2.05, 4.69) is 0 Å². The molecule has 1 rings (SSSR count). The smallest absolute Gasteiger partial charge is 0.121 e. The van der Waals surface area contributed by atoms with Crippen molar-refractivity contribution >= 4 is 29.3 Å². The maximum atomic E-state index is 9.93. The molecule has 68 valence electrons. The van der Waals surface area contributed by atoms with Crippen molar-refractivity contribution in [3.8, 4) is 0 Å². The van der Waals surface area contributed by atoms with Crippen molar-refractivity contribution in [3.63, 3.8) is 0 Å². The van der Waals surface area contributed by atoms with E-state index in [1.54, 1.807) is 12.1 Å². The van der Waals surface area contributed by atoms with Gasteiger partial charge in [0.05, 0.1) is 5.02 Å². The summed E-state index contributed by atoms with van der Waals surface area (Å²) >= 11 is 11.3. The average molecular weight is 217 g/mol. The SMILES string of the molecule is O=[N+]([O-])[C-]=Cc1ccc(Cl)c(Cl)c1. The largest absolute Gasteiger partial charge is 0.278 e. The van der Waals surface area contributed by atoms with Crippen molar-refractivity contribution in [2.24, 2.45) is 0 Å². The van der Waals surface area contributed by atoms with Gasteiger partial charge in [-0.15, -0.1) is 12.1 Å². The van der Waals surface area contributed by atoms with Crippen LogP contribution in [0.1, 0.15) is 5.56 Å². The molecule has 0 N–H and O–H groups in total. The summed E-state index contributed by atoms with van der Waals surface area (Å²) < 4.78 is 0. The van der Waals surface area contributed by atoms with Gasteiger partial charge in [0, 0.05) is 5.02 Å². The van der Waals surface area contributed by atoms with E-state index < -0.39 is 4.92 Å². The Morgan fingerprint density at radius 3 is 2.62 bits per heavy atom. The van der Waals surface area contributed by atoms with Crippen molar-refractivity contribution in [1.82, 2.24) is 0 Å². The molecule has 0 atom stereocenters. The standard InChI is InChI=1S/C8H4Cl2NO2/c9-7-2-1-6(5-8(7)10)3-4-11(12)13/h1-3,5H/q-1. The molecule has 0 fully saturated rings. The highest BCUT2D eigenvalue weighted by Gasteiger charge is 1.91. The van der Waals surface area contributed by atoms with Gasteiger partial charge in [0.1, 0.15) is 6.20 Å². The van der Waals surface area contributed by atoms with Crippen LogP contribution in [0, 0.1) is 16.3 Å². The second kappa shape index (κ2) is 4.25. The summed E-state index contributed by atoms with van der Waals surface area (Å²) in [5.41, 5.74) is 0.589. The number of halogens is 2. The predicted molar refractivity (Wildman–Crippen MR) is 51.2 cm³/mol. The Morgan fingerprint density at radius 2 is 2.08 bits per heavy atom. The molecule has 0 unspecified atom stereocenters. The van der Waals surface area contributed by atoms with E-state index in [0.717, 1.165) is 0 Å². The third-order valence-corrected chi connectivity index (χ3v) is 2.02. The van der Waals surface area contributed by atoms with E-state index in [1.807, 2.05) is 6.20 Å². The van der Waals surface area contributed by atoms with Gasteiger partial charge in [-0.1, -0.05) is 29.3 Å². The minimum Gasteiger partial charge on any atom is -0.278 e. The monoisotopic (exact) mass is 216 g/mol. The molecule has 0 aliphatic rings. The lowest BCUT2D eigenvalue weighted by molar-refractivity contribution is -0.417. The molecule has 0 saturated carbocycles. The van der Waals surface area contributed by atoms with E-state index in [1.165, 1.54) is 12.1 Å². The number of nitro groups is 1. The summed E-state index contributed by atoms with van der Waals surface area (Å²) in [5, 5.41) is 10.7. The first kappa shape index (κ1) is 10.0. The molecule has 13 heavy (non-hydrogen) atoms. The Hall–Kier alpha value is -1.06. The fourth-order valence-electron chi connectivity index (χ4n) is 0.729. The zero-order chi connectivity index (χ0) is 9.84. The summed E-state index contributed by atoms with van der Waals surface area (Å²) in [6.45, 7) is 0. The molecule has 0 aliphatic heterocycles. The van der Waals surface area contributed by atoms with Crippen LogP contribution in [-0.2, 0) is 0 Å². The summed E-state index contributed by atoms with van der Waals surface area (Å²) in [6, 6.07) is 4.71. The second-order valence-electron chi connectivity index (χ2n) is 2.20. The second-order valence-corrected chi connectivity index (χ2v) is 3.02. The normalized spacial score (nSPS) is 10.6. The molecule has 3 nitrogen and oxygen atoms in total. The number of hydrogen-bond donors (Lipinski definition) is 0. The van der Waals surface area contributed by atoms with Crippen molar-refractivity contribution in [2.75, 3.05) is 0 Å². The van der Waals surface area contributed by atoms with Crippen LogP contribution in [0.15, 0.2) is 18.2 Å². The zero-order valence-corrected chi connectivity index (χ0v) is 7.84. The van der Waals surface area contributed by atoms with Crippen molar-refractivity contribution < 1.29 is 4.92 Å². The molecule has 0 amide bonds. The third-order valence-electron chi connectivity index (χ3n) is 1.28. The number of rotatable bonds is 2. The van der Waals surface area contributed by atoms with Crippen molar-refractivity contribution in [1.29, 1.82) is 0 Å². The topological polar surface area (TPSA) is 43.1 Å². The first-order valence-corrected chi connectivity index (χ1v) is 4.04. The first-order valence-electron chi connectivity index (χ1n) is 3.28. The molecule has 0 saturated heterocycles. The molecule has 0 aliphatic carbocycles. The lowest BCUT2D eigenvalue weighted by Crippen LogP contribution is -1.83. The molecular formula is C8H4Cl2NO2-. The van der Waals surface area contributed by atoms with Gasteiger partial charge >= 0.3 is 0 Å². The van der Waals surface area contributed by atoms with Crippen molar-refractivity contribution in [2.45, 2.75) is 0 Å². The van der Waals surface area contributed by atoms with E-state index in [9.17, 15) is 10.1 Å². The zero-order valence-electron chi connectivity index (χ0n) is 6.33. The lowest BCUT2D eigenvalue weighted by atomic mass is 10.2. The number of hydrogen-bond acceptors (Lipinski definition) is 2. The van der Waals surface area contributed by atoms with Gasteiger partial charge in [-0.2, -0.15) is 11.6 Å². The third kappa shape index (κ3) is 3.05. The molecular weight excluding hydrogens is 213 g/mol. The van der Waals surface area contributed by atoms with Crippen LogP contribution in [0.3, 0.4) is 0 Å². The number of nitrogens with zero attached hydrogens (tertiary/aromatic N) is 1. The van der Waals surface area contributed by atoms with Crippen LogP contribution in [0.25, 0.3) is 6.08 Å². The molecule has 1 aromatic carbocycles. The number of benzene rings is 1.